The molecule has 3 heteroatoms. The monoisotopic (exact) mass is 284 g/mol. The van der Waals surface area contributed by atoms with Gasteiger partial charge in [-0.3, -0.25) is 4.79 Å². The lowest BCUT2D eigenvalue weighted by molar-refractivity contribution is 0.0989. The Bertz CT molecular complexity index is 615. The number of carbonyl (C=O) groups excluding carboxylic acids is 1. The first-order valence-corrected chi connectivity index (χ1v) is 7.01. The molecule has 0 N–H and O–H groups in total. The quantitative estimate of drug-likeness (QED) is 0.759. The van der Waals surface area contributed by atoms with Crippen molar-refractivity contribution in [3.63, 3.8) is 0 Å². The van der Waals surface area contributed by atoms with Crippen molar-refractivity contribution in [2.75, 3.05) is 14.2 Å². The molecule has 0 radical (unpaired) electrons. The Morgan fingerprint density at radius 3 is 2.19 bits per heavy atom. The van der Waals surface area contributed by atoms with Crippen LogP contribution in [0.15, 0.2) is 42.5 Å². The SMILES string of the molecule is CCc1ccc(CC(=O)c2cc(OC)ccc2OC)cc1. The lowest BCUT2D eigenvalue weighted by atomic mass is 10.0. The summed E-state index contributed by atoms with van der Waals surface area (Å²) in [7, 11) is 3.15. The van der Waals surface area contributed by atoms with Crippen molar-refractivity contribution in [2.45, 2.75) is 19.8 Å². The van der Waals surface area contributed by atoms with Crippen LogP contribution >= 0.6 is 0 Å². The first-order chi connectivity index (χ1) is 10.2. The summed E-state index contributed by atoms with van der Waals surface area (Å²) in [6.45, 7) is 2.11. The lowest BCUT2D eigenvalue weighted by Gasteiger charge is -2.10. The van der Waals surface area contributed by atoms with Crippen LogP contribution in [0, 0.1) is 0 Å². The van der Waals surface area contributed by atoms with Gasteiger partial charge in [0.15, 0.2) is 5.78 Å². The van der Waals surface area contributed by atoms with E-state index in [1.807, 2.05) is 12.1 Å². The summed E-state index contributed by atoms with van der Waals surface area (Å²) in [6.07, 6.45) is 1.35. The molecule has 0 heterocycles. The minimum Gasteiger partial charge on any atom is -0.497 e. The number of rotatable bonds is 6. The number of hydrogen-bond donors (Lipinski definition) is 0. The minimum atomic E-state index is 0.0231. The third kappa shape index (κ3) is 3.63. The molecule has 0 aliphatic rings. The molecule has 0 aromatic heterocycles. The van der Waals surface area contributed by atoms with Gasteiger partial charge in [-0.05, 0) is 35.7 Å². The standard InChI is InChI=1S/C18H20O3/c1-4-13-5-7-14(8-6-13)11-17(19)16-12-15(20-2)9-10-18(16)21-3/h5-10,12H,4,11H2,1-3H3. The van der Waals surface area contributed by atoms with Crippen molar-refractivity contribution in [2.24, 2.45) is 0 Å². The first kappa shape index (κ1) is 15.1. The van der Waals surface area contributed by atoms with Crippen LogP contribution in [0.1, 0.15) is 28.4 Å². The molecule has 21 heavy (non-hydrogen) atoms. The normalized spacial score (nSPS) is 10.2. The largest absolute Gasteiger partial charge is 0.497 e. The van der Waals surface area contributed by atoms with Gasteiger partial charge in [0, 0.05) is 6.42 Å². The Balaban J connectivity index is 2.22. The summed E-state index contributed by atoms with van der Waals surface area (Å²) in [5, 5.41) is 0. The maximum Gasteiger partial charge on any atom is 0.171 e. The highest BCUT2D eigenvalue weighted by atomic mass is 16.5. The fourth-order valence-electron chi connectivity index (χ4n) is 2.21. The van der Waals surface area contributed by atoms with Crippen molar-refractivity contribution in [1.82, 2.24) is 0 Å². The van der Waals surface area contributed by atoms with E-state index in [-0.39, 0.29) is 5.78 Å². The molecule has 0 atom stereocenters. The van der Waals surface area contributed by atoms with Gasteiger partial charge in [0.2, 0.25) is 0 Å². The third-order valence-electron chi connectivity index (χ3n) is 3.50. The predicted molar refractivity (Wildman–Crippen MR) is 83.4 cm³/mol. The Morgan fingerprint density at radius 1 is 0.952 bits per heavy atom. The van der Waals surface area contributed by atoms with E-state index in [4.69, 9.17) is 9.47 Å². The third-order valence-corrected chi connectivity index (χ3v) is 3.50. The van der Waals surface area contributed by atoms with Crippen LogP contribution in [0.4, 0.5) is 0 Å². The van der Waals surface area contributed by atoms with Crippen molar-refractivity contribution in [3.8, 4) is 11.5 Å². The van der Waals surface area contributed by atoms with Crippen LogP contribution in [0.5, 0.6) is 11.5 Å². The van der Waals surface area contributed by atoms with Gasteiger partial charge in [-0.2, -0.15) is 0 Å². The molecule has 0 amide bonds. The molecule has 0 saturated carbocycles. The number of benzene rings is 2. The Labute approximate surface area is 125 Å². The van der Waals surface area contributed by atoms with E-state index in [9.17, 15) is 4.79 Å². The van der Waals surface area contributed by atoms with Crippen LogP contribution in [0.3, 0.4) is 0 Å². The molecule has 2 aromatic carbocycles. The molecule has 2 rings (SSSR count). The predicted octanol–water partition coefficient (Wildman–Crippen LogP) is 3.69. The van der Waals surface area contributed by atoms with Gasteiger partial charge < -0.3 is 9.47 Å². The maximum atomic E-state index is 12.5. The van der Waals surface area contributed by atoms with Crippen molar-refractivity contribution < 1.29 is 14.3 Å². The van der Waals surface area contributed by atoms with E-state index < -0.39 is 0 Å². The zero-order valence-corrected chi connectivity index (χ0v) is 12.7. The maximum absolute atomic E-state index is 12.5. The summed E-state index contributed by atoms with van der Waals surface area (Å²) in [4.78, 5) is 12.5. The van der Waals surface area contributed by atoms with Crippen molar-refractivity contribution in [1.29, 1.82) is 0 Å². The van der Waals surface area contributed by atoms with E-state index >= 15 is 0 Å². The smallest absolute Gasteiger partial charge is 0.171 e. The highest BCUT2D eigenvalue weighted by Gasteiger charge is 2.14. The zero-order chi connectivity index (χ0) is 15.2. The molecule has 110 valence electrons. The fourth-order valence-corrected chi connectivity index (χ4v) is 2.21. The number of methoxy groups -OCH3 is 2. The van der Waals surface area contributed by atoms with Gasteiger partial charge in [0.25, 0.3) is 0 Å². The van der Waals surface area contributed by atoms with Crippen LogP contribution in [-0.2, 0) is 12.8 Å². The molecular weight excluding hydrogens is 264 g/mol. The van der Waals surface area contributed by atoms with Gasteiger partial charge in [0.05, 0.1) is 19.8 Å². The van der Waals surface area contributed by atoms with Crippen LogP contribution in [-0.4, -0.2) is 20.0 Å². The number of aryl methyl sites for hydroxylation is 1. The Morgan fingerprint density at radius 2 is 1.62 bits per heavy atom. The van der Waals surface area contributed by atoms with Gasteiger partial charge in [-0.15, -0.1) is 0 Å². The molecule has 3 nitrogen and oxygen atoms in total. The molecule has 0 spiro atoms. The van der Waals surface area contributed by atoms with E-state index in [0.717, 1.165) is 12.0 Å². The van der Waals surface area contributed by atoms with Crippen LogP contribution < -0.4 is 9.47 Å². The second-order valence-corrected chi connectivity index (χ2v) is 4.84. The molecule has 0 saturated heterocycles. The van der Waals surface area contributed by atoms with Crippen LogP contribution in [0.2, 0.25) is 0 Å². The highest BCUT2D eigenvalue weighted by Crippen LogP contribution is 2.25. The molecular formula is C18H20O3. The fraction of sp³-hybridized carbons (Fsp3) is 0.278. The van der Waals surface area contributed by atoms with Gasteiger partial charge in [0.1, 0.15) is 11.5 Å². The number of Topliss-reactive ketones (excluding diaryl/α,β-unsaturated/α-hetero) is 1. The summed E-state index contributed by atoms with van der Waals surface area (Å²) in [5.74, 6) is 1.25. The lowest BCUT2D eigenvalue weighted by Crippen LogP contribution is -2.06. The Kier molecular flexibility index (Phi) is 4.99. The van der Waals surface area contributed by atoms with E-state index in [1.54, 1.807) is 32.4 Å². The molecule has 2 aromatic rings. The first-order valence-electron chi connectivity index (χ1n) is 7.01. The van der Waals surface area contributed by atoms with Gasteiger partial charge in [-0.1, -0.05) is 31.2 Å². The second-order valence-electron chi connectivity index (χ2n) is 4.84. The van der Waals surface area contributed by atoms with Crippen LogP contribution in [0.25, 0.3) is 0 Å². The average molecular weight is 284 g/mol. The van der Waals surface area contributed by atoms with E-state index in [2.05, 4.69) is 19.1 Å². The summed E-state index contributed by atoms with van der Waals surface area (Å²) in [5.41, 5.74) is 2.82. The van der Waals surface area contributed by atoms with E-state index in [1.165, 1.54) is 5.56 Å². The molecule has 0 fully saturated rings. The molecule has 0 unspecified atom stereocenters. The number of ether oxygens (including phenoxy) is 2. The summed E-state index contributed by atoms with van der Waals surface area (Å²) < 4.78 is 10.4. The van der Waals surface area contributed by atoms with E-state index in [0.29, 0.717) is 23.5 Å². The summed E-state index contributed by atoms with van der Waals surface area (Å²) >= 11 is 0. The Hall–Kier alpha value is -2.29. The molecule has 0 aliphatic heterocycles. The number of ketones is 1. The average Bonchev–Trinajstić information content (AvgIpc) is 2.54. The van der Waals surface area contributed by atoms with Gasteiger partial charge in [-0.25, -0.2) is 0 Å². The minimum absolute atomic E-state index is 0.0231. The topological polar surface area (TPSA) is 35.5 Å². The zero-order valence-electron chi connectivity index (χ0n) is 12.7. The number of hydrogen-bond acceptors (Lipinski definition) is 3. The van der Waals surface area contributed by atoms with Gasteiger partial charge >= 0.3 is 0 Å². The van der Waals surface area contributed by atoms with Crippen molar-refractivity contribution in [3.05, 3.63) is 59.2 Å². The van der Waals surface area contributed by atoms with Crippen molar-refractivity contribution >= 4 is 5.78 Å². The molecule has 0 aliphatic carbocycles. The highest BCUT2D eigenvalue weighted by molar-refractivity contribution is 6.00. The number of carbonyl (C=O) groups is 1. The summed E-state index contributed by atoms with van der Waals surface area (Å²) in [6, 6.07) is 13.4. The second kappa shape index (κ2) is 6.93. The molecule has 0 bridgehead atoms.